The summed E-state index contributed by atoms with van der Waals surface area (Å²) < 4.78 is 11.1. The Labute approximate surface area is 154 Å². The smallest absolute Gasteiger partial charge is 0.337 e. The molecule has 1 aromatic carbocycles. The highest BCUT2D eigenvalue weighted by molar-refractivity contribution is 7.99. The fraction of sp³-hybridized carbons (Fsp3) is 0.312. The lowest BCUT2D eigenvalue weighted by atomic mass is 10.1. The second-order valence-corrected chi connectivity index (χ2v) is 6.15. The molecule has 0 unspecified atom stereocenters. The number of aromatic nitrogens is 3. The summed E-state index contributed by atoms with van der Waals surface area (Å²) in [4.78, 5) is 35.7. The number of amides is 1. The molecular weight excluding hydrogens is 360 g/mol. The van der Waals surface area contributed by atoms with Gasteiger partial charge in [0.05, 0.1) is 31.1 Å². The lowest BCUT2D eigenvalue weighted by molar-refractivity contribution is -0.113. The molecule has 1 aromatic heterocycles. The predicted octanol–water partition coefficient (Wildman–Crippen LogP) is 1.43. The summed E-state index contributed by atoms with van der Waals surface area (Å²) in [7, 11) is 4.26. The van der Waals surface area contributed by atoms with E-state index in [2.05, 4.69) is 25.0 Å². The fourth-order valence-corrected chi connectivity index (χ4v) is 2.77. The largest absolute Gasteiger partial charge is 0.465 e. The summed E-state index contributed by atoms with van der Waals surface area (Å²) in [5.74, 6) is -0.762. The summed E-state index contributed by atoms with van der Waals surface area (Å²) in [6.07, 6.45) is 0. The Kier molecular flexibility index (Phi) is 6.34. The molecule has 0 fully saturated rings. The molecule has 0 aliphatic carbocycles. The van der Waals surface area contributed by atoms with Crippen LogP contribution in [0.1, 0.15) is 26.5 Å². The zero-order valence-electron chi connectivity index (χ0n) is 14.7. The van der Waals surface area contributed by atoms with Gasteiger partial charge >= 0.3 is 11.9 Å². The molecule has 0 aliphatic rings. The van der Waals surface area contributed by atoms with Crippen molar-refractivity contribution in [2.75, 3.05) is 25.3 Å². The number of hydrogen-bond acceptors (Lipinski definition) is 8. The first kappa shape index (κ1) is 19.4. The highest BCUT2D eigenvalue weighted by Crippen LogP contribution is 2.19. The molecule has 0 atom stereocenters. The molecule has 0 saturated carbocycles. The fourth-order valence-electron chi connectivity index (χ4n) is 2.01. The maximum Gasteiger partial charge on any atom is 0.337 e. The van der Waals surface area contributed by atoms with Crippen LogP contribution >= 0.6 is 11.8 Å². The van der Waals surface area contributed by atoms with E-state index >= 15 is 0 Å². The predicted molar refractivity (Wildman–Crippen MR) is 94.2 cm³/mol. The molecule has 1 N–H and O–H groups in total. The number of carbonyl (C=O) groups excluding carboxylic acids is 3. The first-order chi connectivity index (χ1) is 12.3. The van der Waals surface area contributed by atoms with E-state index in [9.17, 15) is 14.4 Å². The third-order valence-corrected chi connectivity index (χ3v) is 4.46. The van der Waals surface area contributed by atoms with Gasteiger partial charge in [-0.25, -0.2) is 9.59 Å². The van der Waals surface area contributed by atoms with Crippen LogP contribution in [0, 0.1) is 6.92 Å². The molecule has 138 valence electrons. The number of anilines is 1. The van der Waals surface area contributed by atoms with E-state index in [1.165, 1.54) is 44.2 Å². The first-order valence-electron chi connectivity index (χ1n) is 7.46. The second-order valence-electron chi connectivity index (χ2n) is 5.21. The number of thioether (sulfide) groups is 1. The Bertz CT molecular complexity index is 815. The van der Waals surface area contributed by atoms with Gasteiger partial charge in [-0.05, 0) is 25.1 Å². The molecular formula is C16H18N4O5S. The molecule has 0 saturated heterocycles. The normalized spacial score (nSPS) is 10.3. The second kappa shape index (κ2) is 8.48. The number of methoxy groups -OCH3 is 2. The molecule has 0 radical (unpaired) electrons. The lowest BCUT2D eigenvalue weighted by Gasteiger charge is -2.09. The van der Waals surface area contributed by atoms with Crippen LogP contribution < -0.4 is 5.32 Å². The van der Waals surface area contributed by atoms with Crippen LogP contribution in [0.4, 0.5) is 5.69 Å². The number of ether oxygens (including phenoxy) is 2. The molecule has 0 spiro atoms. The minimum Gasteiger partial charge on any atom is -0.465 e. The molecule has 10 heteroatoms. The third-order valence-electron chi connectivity index (χ3n) is 3.44. The number of esters is 2. The summed E-state index contributed by atoms with van der Waals surface area (Å²) in [5.41, 5.74) is 0.539. The van der Waals surface area contributed by atoms with Crippen molar-refractivity contribution < 1.29 is 23.9 Å². The molecule has 26 heavy (non-hydrogen) atoms. The number of rotatable bonds is 6. The van der Waals surface area contributed by atoms with Gasteiger partial charge < -0.3 is 19.4 Å². The molecule has 0 bridgehead atoms. The van der Waals surface area contributed by atoms with Gasteiger partial charge in [0.1, 0.15) is 5.82 Å². The highest BCUT2D eigenvalue weighted by Gasteiger charge is 2.15. The maximum atomic E-state index is 12.2. The van der Waals surface area contributed by atoms with Gasteiger partial charge in [-0.15, -0.1) is 10.2 Å². The van der Waals surface area contributed by atoms with Crippen molar-refractivity contribution in [1.82, 2.24) is 14.8 Å². The third kappa shape index (κ3) is 4.60. The van der Waals surface area contributed by atoms with Crippen LogP contribution in [-0.4, -0.2) is 52.6 Å². The standard InChI is InChI=1S/C16H18N4O5S/c1-9-18-19-16(20(9)2)26-8-13(21)17-12-6-10(14(22)24-3)5-11(7-12)15(23)25-4/h5-7H,8H2,1-4H3,(H,17,21). The molecule has 1 amide bonds. The van der Waals surface area contributed by atoms with E-state index < -0.39 is 11.9 Å². The van der Waals surface area contributed by atoms with Gasteiger partial charge in [-0.2, -0.15) is 0 Å². The Morgan fingerprint density at radius 3 is 2.12 bits per heavy atom. The number of benzene rings is 1. The van der Waals surface area contributed by atoms with Gasteiger partial charge in [0, 0.05) is 12.7 Å². The SMILES string of the molecule is COC(=O)c1cc(NC(=O)CSc2nnc(C)n2C)cc(C(=O)OC)c1. The summed E-state index contributed by atoms with van der Waals surface area (Å²) in [5, 5.41) is 11.1. The van der Waals surface area contributed by atoms with Gasteiger partial charge in [0.2, 0.25) is 5.91 Å². The van der Waals surface area contributed by atoms with Gasteiger partial charge in [0.25, 0.3) is 0 Å². The van der Waals surface area contributed by atoms with E-state index in [0.29, 0.717) is 5.16 Å². The Morgan fingerprint density at radius 1 is 1.08 bits per heavy atom. The van der Waals surface area contributed by atoms with Crippen LogP contribution in [0.2, 0.25) is 0 Å². The molecule has 9 nitrogen and oxygen atoms in total. The Balaban J connectivity index is 2.13. The minimum absolute atomic E-state index is 0.0853. The molecule has 2 rings (SSSR count). The number of aryl methyl sites for hydroxylation is 1. The zero-order chi connectivity index (χ0) is 19.3. The molecule has 1 heterocycles. The maximum absolute atomic E-state index is 12.2. The summed E-state index contributed by atoms with van der Waals surface area (Å²) in [6.45, 7) is 1.81. The zero-order valence-corrected chi connectivity index (χ0v) is 15.5. The van der Waals surface area contributed by atoms with E-state index in [0.717, 1.165) is 5.82 Å². The number of hydrogen-bond donors (Lipinski definition) is 1. The Morgan fingerprint density at radius 2 is 1.65 bits per heavy atom. The van der Waals surface area contributed by atoms with Crippen LogP contribution in [0.3, 0.4) is 0 Å². The molecule has 0 aliphatic heterocycles. The van der Waals surface area contributed by atoms with Gasteiger partial charge in [-0.3, -0.25) is 4.79 Å². The van der Waals surface area contributed by atoms with E-state index in [1.54, 1.807) is 11.6 Å². The Hall–Kier alpha value is -2.88. The quantitative estimate of drug-likeness (QED) is 0.593. The van der Waals surface area contributed by atoms with Crippen molar-refractivity contribution in [1.29, 1.82) is 0 Å². The van der Waals surface area contributed by atoms with Crippen LogP contribution in [0.15, 0.2) is 23.4 Å². The van der Waals surface area contributed by atoms with Gasteiger partial charge in [-0.1, -0.05) is 11.8 Å². The molecule has 2 aromatic rings. The number of nitrogens with one attached hydrogen (secondary N) is 1. The van der Waals surface area contributed by atoms with Crippen molar-refractivity contribution in [3.8, 4) is 0 Å². The summed E-state index contributed by atoms with van der Waals surface area (Å²) >= 11 is 1.22. The van der Waals surface area contributed by atoms with Crippen molar-refractivity contribution in [3.05, 3.63) is 35.2 Å². The highest BCUT2D eigenvalue weighted by atomic mass is 32.2. The van der Waals surface area contributed by atoms with E-state index in [-0.39, 0.29) is 28.5 Å². The first-order valence-corrected chi connectivity index (χ1v) is 8.44. The van der Waals surface area contributed by atoms with E-state index in [4.69, 9.17) is 0 Å². The van der Waals surface area contributed by atoms with Crippen LogP contribution in [-0.2, 0) is 21.3 Å². The topological polar surface area (TPSA) is 112 Å². The van der Waals surface area contributed by atoms with Crippen LogP contribution in [0.25, 0.3) is 0 Å². The lowest BCUT2D eigenvalue weighted by Crippen LogP contribution is -2.16. The van der Waals surface area contributed by atoms with Crippen molar-refractivity contribution in [2.45, 2.75) is 12.1 Å². The van der Waals surface area contributed by atoms with E-state index in [1.807, 2.05) is 6.92 Å². The van der Waals surface area contributed by atoms with Crippen LogP contribution in [0.5, 0.6) is 0 Å². The van der Waals surface area contributed by atoms with Crippen molar-refractivity contribution >= 4 is 35.3 Å². The number of nitrogens with zero attached hydrogens (tertiary/aromatic N) is 3. The average Bonchev–Trinajstić information content (AvgIpc) is 2.96. The summed E-state index contributed by atoms with van der Waals surface area (Å²) in [6, 6.07) is 4.19. The average molecular weight is 378 g/mol. The number of carbonyl (C=O) groups is 3. The van der Waals surface area contributed by atoms with Gasteiger partial charge in [0.15, 0.2) is 5.16 Å². The minimum atomic E-state index is -0.629. The van der Waals surface area contributed by atoms with Crippen molar-refractivity contribution in [3.63, 3.8) is 0 Å². The monoisotopic (exact) mass is 378 g/mol. The van der Waals surface area contributed by atoms with Crippen molar-refractivity contribution in [2.24, 2.45) is 7.05 Å².